The summed E-state index contributed by atoms with van der Waals surface area (Å²) in [5.41, 5.74) is 5.36. The van der Waals surface area contributed by atoms with E-state index in [-0.39, 0.29) is 11.6 Å². The third-order valence-electron chi connectivity index (χ3n) is 0.972. The van der Waals surface area contributed by atoms with E-state index in [0.717, 1.165) is 6.07 Å². The fraction of sp³-hybridized carbons (Fsp3) is 0.375. The van der Waals surface area contributed by atoms with Crippen molar-refractivity contribution in [1.29, 1.82) is 0 Å². The van der Waals surface area contributed by atoms with Crippen LogP contribution in [0.3, 0.4) is 0 Å². The summed E-state index contributed by atoms with van der Waals surface area (Å²) in [6.07, 6.45) is -1.84. The number of pyridine rings is 1. The minimum absolute atomic E-state index is 0.0333. The van der Waals surface area contributed by atoms with Gasteiger partial charge in [-0.1, -0.05) is 0 Å². The van der Waals surface area contributed by atoms with Gasteiger partial charge in [0, 0.05) is 20.5 Å². The topological polar surface area (TPSA) is 48.1 Å². The van der Waals surface area contributed by atoms with E-state index in [1.165, 1.54) is 12.3 Å². The third kappa shape index (κ3) is 2.45. The predicted molar refractivity (Wildman–Crippen MR) is 44.4 cm³/mol. The lowest BCUT2D eigenvalue weighted by molar-refractivity contribution is 0.242. The van der Waals surface area contributed by atoms with Crippen LogP contribution in [0, 0.1) is 0 Å². The molecule has 0 atom stereocenters. The van der Waals surface area contributed by atoms with Crippen LogP contribution in [0.2, 0.25) is 0 Å². The molecule has 0 aliphatic heterocycles. The Hall–Kier alpha value is -1.25. The van der Waals surface area contributed by atoms with Crippen LogP contribution in [0.5, 0.6) is 5.75 Å². The van der Waals surface area contributed by atoms with Gasteiger partial charge in [-0.25, -0.2) is 4.98 Å². The number of anilines is 1. The summed E-state index contributed by atoms with van der Waals surface area (Å²) in [6.45, 7) is -6.29. The Morgan fingerprint density at radius 2 is 2.64 bits per heavy atom. The van der Waals surface area contributed by atoms with E-state index in [0.29, 0.717) is 0 Å². The average molecular weight is 159 g/mol. The molecule has 60 valence electrons. The van der Waals surface area contributed by atoms with Crippen molar-refractivity contribution in [2.45, 2.75) is 19.8 Å². The Morgan fingerprint density at radius 3 is 3.27 bits per heavy atom. The molecule has 0 saturated heterocycles. The van der Waals surface area contributed by atoms with Crippen molar-refractivity contribution in [1.82, 2.24) is 4.98 Å². The Labute approximate surface area is 76.0 Å². The maximum atomic E-state index is 7.62. The summed E-state index contributed by atoms with van der Waals surface area (Å²) in [5.74, 6) is -0.101. The van der Waals surface area contributed by atoms with Crippen molar-refractivity contribution < 1.29 is 14.3 Å². The second-order valence-corrected chi connectivity index (χ2v) is 1.85. The molecule has 0 amide bonds. The molecular weight excluding hydrogens is 140 g/mol. The fourth-order valence-corrected chi connectivity index (χ4v) is 0.609. The second kappa shape index (κ2) is 3.23. The smallest absolute Gasteiger partial charge is 0.126 e. The highest BCUT2D eigenvalue weighted by molar-refractivity contribution is 5.35. The zero-order chi connectivity index (χ0) is 14.2. The van der Waals surface area contributed by atoms with E-state index in [4.69, 9.17) is 20.1 Å². The van der Waals surface area contributed by atoms with Gasteiger partial charge in [0.25, 0.3) is 0 Å². The highest BCUT2D eigenvalue weighted by atomic mass is 16.5. The monoisotopic (exact) mass is 159 g/mol. The molecule has 0 radical (unpaired) electrons. The number of nitrogen functional groups attached to an aromatic ring is 1. The number of ether oxygens (including phenoxy) is 1. The molecule has 0 aliphatic rings. The van der Waals surface area contributed by atoms with Crippen LogP contribution in [-0.2, 0) is 0 Å². The van der Waals surface area contributed by atoms with Crippen LogP contribution >= 0.6 is 0 Å². The van der Waals surface area contributed by atoms with Crippen molar-refractivity contribution in [2.24, 2.45) is 0 Å². The quantitative estimate of drug-likeness (QED) is 0.710. The van der Waals surface area contributed by atoms with Crippen LogP contribution in [0.25, 0.3) is 0 Å². The predicted octanol–water partition coefficient (Wildman–Crippen LogP) is 1.45. The summed E-state index contributed by atoms with van der Waals surface area (Å²) in [6, 6.07) is 2.39. The van der Waals surface area contributed by atoms with Crippen LogP contribution in [0.1, 0.15) is 23.3 Å². The van der Waals surface area contributed by atoms with Gasteiger partial charge in [0.2, 0.25) is 0 Å². The lowest BCUT2D eigenvalue weighted by Crippen LogP contribution is -2.05. The summed E-state index contributed by atoms with van der Waals surface area (Å²) >= 11 is 0. The lowest BCUT2D eigenvalue weighted by Gasteiger charge is -2.08. The molecule has 0 fully saturated rings. The van der Waals surface area contributed by atoms with Crippen molar-refractivity contribution in [3.05, 3.63) is 18.3 Å². The highest BCUT2D eigenvalue weighted by Crippen LogP contribution is 2.13. The maximum absolute atomic E-state index is 7.62. The van der Waals surface area contributed by atoms with Crippen LogP contribution in [0.4, 0.5) is 5.82 Å². The zero-order valence-corrected chi connectivity index (χ0v) is 5.66. The first kappa shape index (κ1) is 2.66. The second-order valence-electron chi connectivity index (χ2n) is 1.85. The van der Waals surface area contributed by atoms with E-state index in [9.17, 15) is 0 Å². The molecule has 0 aliphatic carbocycles. The molecule has 0 spiro atoms. The molecule has 2 N–H and O–H groups in total. The standard InChI is InChI=1S/C8H12N2O/c1-6(2)11-7-3-4-10-8(9)5-7/h3-6H,1-2H3,(H2,9,10)/i1D3,2D3,6D. The van der Waals surface area contributed by atoms with Gasteiger partial charge in [-0.05, 0) is 19.8 Å². The fourth-order valence-electron chi connectivity index (χ4n) is 0.609. The van der Waals surface area contributed by atoms with Gasteiger partial charge < -0.3 is 10.5 Å². The minimum Gasteiger partial charge on any atom is -0.491 e. The number of nitrogens with zero attached hydrogens (tertiary/aromatic N) is 1. The molecule has 0 unspecified atom stereocenters. The Morgan fingerprint density at radius 1 is 1.82 bits per heavy atom. The molecule has 0 bridgehead atoms. The molecule has 1 rings (SSSR count). The SMILES string of the molecule is [2H]C([2H])([2H])C([2H])(Oc1ccnc(N)c1)C([2H])([2H])[2H]. The molecule has 3 nitrogen and oxygen atoms in total. The first-order valence-corrected chi connectivity index (χ1v) is 2.88. The summed E-state index contributed by atoms with van der Waals surface area (Å²) in [4.78, 5) is 3.65. The highest BCUT2D eigenvalue weighted by Gasteiger charge is 1.96. The van der Waals surface area contributed by atoms with Gasteiger partial charge in [0.1, 0.15) is 11.6 Å². The van der Waals surface area contributed by atoms with Crippen LogP contribution < -0.4 is 10.5 Å². The maximum Gasteiger partial charge on any atom is 0.126 e. The Balaban J connectivity index is 3.16. The Bertz CT molecular complexity index is 414. The van der Waals surface area contributed by atoms with Crippen molar-refractivity contribution >= 4 is 5.82 Å². The van der Waals surface area contributed by atoms with E-state index in [2.05, 4.69) is 4.98 Å². The van der Waals surface area contributed by atoms with E-state index in [1.54, 1.807) is 0 Å². The van der Waals surface area contributed by atoms with Gasteiger partial charge in [-0.2, -0.15) is 0 Å². The molecular formula is C8H12N2O. The van der Waals surface area contributed by atoms with Gasteiger partial charge in [0.05, 0.1) is 7.45 Å². The first-order chi connectivity index (χ1) is 7.97. The summed E-state index contributed by atoms with van der Waals surface area (Å²) < 4.78 is 55.4. The molecule has 1 aromatic heterocycles. The molecule has 1 heterocycles. The van der Waals surface area contributed by atoms with E-state index in [1.807, 2.05) is 0 Å². The number of hydrogen-bond acceptors (Lipinski definition) is 3. The first-order valence-electron chi connectivity index (χ1n) is 6.38. The van der Waals surface area contributed by atoms with Crippen LogP contribution in [0.15, 0.2) is 18.3 Å². The molecule has 1 aromatic rings. The normalized spacial score (nSPS) is 22.7. The lowest BCUT2D eigenvalue weighted by atomic mass is 10.4. The minimum atomic E-state index is -3.14. The van der Waals surface area contributed by atoms with E-state index >= 15 is 0 Å². The van der Waals surface area contributed by atoms with Gasteiger partial charge in [0.15, 0.2) is 0 Å². The summed E-state index contributed by atoms with van der Waals surface area (Å²) in [7, 11) is 0. The van der Waals surface area contributed by atoms with Crippen LogP contribution in [-0.4, -0.2) is 11.1 Å². The van der Waals surface area contributed by atoms with Crippen molar-refractivity contribution in [3.63, 3.8) is 0 Å². The average Bonchev–Trinajstić information content (AvgIpc) is 2.13. The largest absolute Gasteiger partial charge is 0.491 e. The summed E-state index contributed by atoms with van der Waals surface area (Å²) in [5, 5.41) is 0. The zero-order valence-electron chi connectivity index (χ0n) is 12.7. The Kier molecular flexibility index (Phi) is 0.782. The number of nitrogens with two attached hydrogens (primary N) is 1. The molecule has 11 heavy (non-hydrogen) atoms. The molecule has 0 aromatic carbocycles. The molecule has 3 heteroatoms. The number of rotatable bonds is 2. The third-order valence-corrected chi connectivity index (χ3v) is 0.972. The number of hydrogen-bond donors (Lipinski definition) is 1. The molecule has 0 saturated carbocycles. The number of aromatic nitrogens is 1. The van der Waals surface area contributed by atoms with Gasteiger partial charge in [-0.3, -0.25) is 0 Å². The van der Waals surface area contributed by atoms with Gasteiger partial charge >= 0.3 is 0 Å². The van der Waals surface area contributed by atoms with Gasteiger partial charge in [-0.15, -0.1) is 0 Å². The van der Waals surface area contributed by atoms with Crippen molar-refractivity contribution in [3.8, 4) is 5.75 Å². The van der Waals surface area contributed by atoms with E-state index < -0.39 is 19.8 Å². The van der Waals surface area contributed by atoms with Crippen molar-refractivity contribution in [2.75, 3.05) is 5.73 Å².